The minimum atomic E-state index is -3.41. The van der Waals surface area contributed by atoms with Crippen molar-refractivity contribution in [2.45, 2.75) is 25.9 Å². The molecule has 9 nitrogen and oxygen atoms in total. The Kier molecular flexibility index (Phi) is 7.35. The van der Waals surface area contributed by atoms with Gasteiger partial charge in [0.1, 0.15) is 0 Å². The van der Waals surface area contributed by atoms with Crippen LogP contribution in [0.3, 0.4) is 0 Å². The predicted molar refractivity (Wildman–Crippen MR) is 159 cm³/mol. The fourth-order valence-electron chi connectivity index (χ4n) is 5.26. The number of carbonyl (C=O) groups is 1. The molecule has 1 fully saturated rings. The van der Waals surface area contributed by atoms with Crippen molar-refractivity contribution in [1.29, 1.82) is 0 Å². The maximum atomic E-state index is 12.6. The van der Waals surface area contributed by atoms with Gasteiger partial charge in [0.15, 0.2) is 5.11 Å². The van der Waals surface area contributed by atoms with Crippen LogP contribution in [-0.4, -0.2) is 42.4 Å². The van der Waals surface area contributed by atoms with E-state index in [1.54, 1.807) is 24.4 Å². The van der Waals surface area contributed by atoms with Gasteiger partial charge >= 0.3 is 5.97 Å². The number of hydrogen-bond acceptors (Lipinski definition) is 6. The number of para-hydroxylation sites is 1. The Morgan fingerprint density at radius 3 is 2.40 bits per heavy atom. The monoisotopic (exact) mass is 575 g/mol. The highest BCUT2D eigenvalue weighted by atomic mass is 32.2. The van der Waals surface area contributed by atoms with Gasteiger partial charge in [0.05, 0.1) is 42.4 Å². The molecule has 0 bridgehead atoms. The Morgan fingerprint density at radius 1 is 1.05 bits per heavy atom. The number of nitrogens with zero attached hydrogens (tertiary/aromatic N) is 3. The van der Waals surface area contributed by atoms with Crippen molar-refractivity contribution in [3.8, 4) is 5.69 Å². The molecule has 4 aromatic rings. The Hall–Kier alpha value is -4.22. The first-order valence-electron chi connectivity index (χ1n) is 12.5. The van der Waals surface area contributed by atoms with Gasteiger partial charge in [-0.3, -0.25) is 9.71 Å². The molecule has 2 aromatic heterocycles. The first kappa shape index (κ1) is 27.4. The Morgan fingerprint density at radius 2 is 1.75 bits per heavy atom. The summed E-state index contributed by atoms with van der Waals surface area (Å²) in [6, 6.07) is 21.7. The van der Waals surface area contributed by atoms with Crippen LogP contribution in [0.15, 0.2) is 79.0 Å². The van der Waals surface area contributed by atoms with Gasteiger partial charge < -0.3 is 19.5 Å². The third kappa shape index (κ3) is 5.17. The molecule has 11 heteroatoms. The summed E-state index contributed by atoms with van der Waals surface area (Å²) in [6.45, 7) is 4.02. The standard InChI is InChI=1S/C29H29N5O4S2/c1-18-17-23(19(2)33(18)25-11-6-5-9-22(25)28(35)38-3)27-26(24-10-7-8-16-30-24)31-29(39)34(27)21-14-12-20(13-15-21)32-40(4,36)37/h5-17,26-27,32H,1-4H3,(H,31,39)/t26-,27+/m1/s1. The van der Waals surface area contributed by atoms with E-state index in [0.717, 1.165) is 40.3 Å². The van der Waals surface area contributed by atoms with Gasteiger partial charge in [-0.15, -0.1) is 0 Å². The fraction of sp³-hybridized carbons (Fsp3) is 0.207. The van der Waals surface area contributed by atoms with Crippen molar-refractivity contribution >= 4 is 44.7 Å². The van der Waals surface area contributed by atoms with Gasteiger partial charge in [-0.05, 0) is 86.2 Å². The molecule has 1 aliphatic heterocycles. The molecule has 0 spiro atoms. The maximum Gasteiger partial charge on any atom is 0.339 e. The molecule has 3 heterocycles. The summed E-state index contributed by atoms with van der Waals surface area (Å²) in [5, 5.41) is 3.97. The second-order valence-electron chi connectivity index (χ2n) is 9.59. The van der Waals surface area contributed by atoms with E-state index in [4.69, 9.17) is 17.0 Å². The van der Waals surface area contributed by atoms with E-state index in [9.17, 15) is 13.2 Å². The molecule has 1 aliphatic rings. The molecule has 0 unspecified atom stereocenters. The number of benzene rings is 2. The van der Waals surface area contributed by atoms with Crippen LogP contribution in [0.5, 0.6) is 0 Å². The number of pyridine rings is 1. The fourth-order valence-corrected chi connectivity index (χ4v) is 6.17. The maximum absolute atomic E-state index is 12.6. The lowest BCUT2D eigenvalue weighted by Crippen LogP contribution is -2.29. The third-order valence-electron chi connectivity index (χ3n) is 6.89. The largest absolute Gasteiger partial charge is 0.465 e. The highest BCUT2D eigenvalue weighted by Gasteiger charge is 2.42. The molecule has 2 atom stereocenters. The topological polar surface area (TPSA) is 106 Å². The van der Waals surface area contributed by atoms with E-state index >= 15 is 0 Å². The number of nitrogens with one attached hydrogen (secondary N) is 2. The molecule has 40 heavy (non-hydrogen) atoms. The summed E-state index contributed by atoms with van der Waals surface area (Å²) in [5.74, 6) is -0.413. The number of thiocarbonyl (C=S) groups is 1. The second-order valence-corrected chi connectivity index (χ2v) is 11.7. The molecule has 5 rings (SSSR count). The zero-order chi connectivity index (χ0) is 28.6. The molecule has 0 saturated carbocycles. The average Bonchev–Trinajstić information content (AvgIpc) is 3.43. The number of esters is 1. The zero-order valence-corrected chi connectivity index (χ0v) is 24.1. The van der Waals surface area contributed by atoms with E-state index in [1.807, 2.05) is 67.3 Å². The summed E-state index contributed by atoms with van der Waals surface area (Å²) >= 11 is 5.85. The van der Waals surface area contributed by atoms with Crippen LogP contribution in [0, 0.1) is 13.8 Å². The van der Waals surface area contributed by atoms with Crippen molar-refractivity contribution in [2.24, 2.45) is 0 Å². The number of aryl methyl sites for hydroxylation is 1. The molecule has 2 aromatic carbocycles. The normalized spacial score (nSPS) is 17.0. The van der Waals surface area contributed by atoms with Crippen LogP contribution in [-0.2, 0) is 14.8 Å². The van der Waals surface area contributed by atoms with Gasteiger partial charge in [-0.1, -0.05) is 18.2 Å². The lowest BCUT2D eigenvalue weighted by molar-refractivity contribution is 0.0600. The average molecular weight is 576 g/mol. The first-order chi connectivity index (χ1) is 19.1. The highest BCUT2D eigenvalue weighted by molar-refractivity contribution is 7.92. The summed E-state index contributed by atoms with van der Waals surface area (Å²) in [4.78, 5) is 19.3. The molecule has 0 radical (unpaired) electrons. The van der Waals surface area contributed by atoms with Crippen molar-refractivity contribution in [1.82, 2.24) is 14.9 Å². The van der Waals surface area contributed by atoms with Crippen molar-refractivity contribution in [3.63, 3.8) is 0 Å². The number of ether oxygens (including phenoxy) is 1. The zero-order valence-electron chi connectivity index (χ0n) is 22.5. The van der Waals surface area contributed by atoms with Gasteiger partial charge in [0.25, 0.3) is 0 Å². The van der Waals surface area contributed by atoms with Crippen molar-refractivity contribution < 1.29 is 17.9 Å². The quantitative estimate of drug-likeness (QED) is 0.239. The summed E-state index contributed by atoms with van der Waals surface area (Å²) in [6.07, 6.45) is 2.86. The molecular weight excluding hydrogens is 546 g/mol. The molecule has 2 N–H and O–H groups in total. The van der Waals surface area contributed by atoms with Crippen LogP contribution < -0.4 is 14.9 Å². The lowest BCUT2D eigenvalue weighted by Gasteiger charge is -2.28. The van der Waals surface area contributed by atoms with Crippen LogP contribution in [0.1, 0.15) is 45.1 Å². The van der Waals surface area contributed by atoms with Gasteiger partial charge in [0, 0.05) is 29.0 Å². The van der Waals surface area contributed by atoms with Crippen LogP contribution in [0.25, 0.3) is 5.69 Å². The minimum Gasteiger partial charge on any atom is -0.465 e. The second kappa shape index (κ2) is 10.7. The molecule has 1 saturated heterocycles. The number of aromatic nitrogens is 2. The van der Waals surface area contributed by atoms with Crippen LogP contribution in [0.4, 0.5) is 11.4 Å². The highest BCUT2D eigenvalue weighted by Crippen LogP contribution is 2.44. The number of methoxy groups -OCH3 is 1. The van der Waals surface area contributed by atoms with E-state index in [0.29, 0.717) is 16.4 Å². The van der Waals surface area contributed by atoms with E-state index in [2.05, 4.69) is 25.7 Å². The predicted octanol–water partition coefficient (Wildman–Crippen LogP) is 4.82. The molecular formula is C29H29N5O4S2. The Balaban J connectivity index is 1.65. The lowest BCUT2D eigenvalue weighted by atomic mass is 9.96. The SMILES string of the molecule is COC(=O)c1ccccc1-n1c(C)cc([C@H]2[C@@H](c3ccccn3)NC(=S)N2c2ccc(NS(C)(=O)=O)cc2)c1C. The van der Waals surface area contributed by atoms with E-state index in [-0.39, 0.29) is 12.1 Å². The number of anilines is 2. The molecule has 0 aliphatic carbocycles. The van der Waals surface area contributed by atoms with Crippen LogP contribution >= 0.6 is 12.2 Å². The smallest absolute Gasteiger partial charge is 0.339 e. The number of carbonyl (C=O) groups excluding carboxylic acids is 1. The minimum absolute atomic E-state index is 0.271. The summed E-state index contributed by atoms with van der Waals surface area (Å²) < 4.78 is 33.0. The number of rotatable bonds is 7. The van der Waals surface area contributed by atoms with Gasteiger partial charge in [-0.25, -0.2) is 13.2 Å². The Labute approximate surface area is 238 Å². The van der Waals surface area contributed by atoms with Crippen LogP contribution in [0.2, 0.25) is 0 Å². The first-order valence-corrected chi connectivity index (χ1v) is 14.8. The summed E-state index contributed by atoms with van der Waals surface area (Å²) in [5.41, 5.74) is 6.14. The van der Waals surface area contributed by atoms with E-state index in [1.165, 1.54) is 7.11 Å². The summed E-state index contributed by atoms with van der Waals surface area (Å²) in [7, 11) is -2.04. The van der Waals surface area contributed by atoms with Crippen molar-refractivity contribution in [3.05, 3.63) is 107 Å². The molecule has 0 amide bonds. The van der Waals surface area contributed by atoms with Gasteiger partial charge in [-0.2, -0.15) is 0 Å². The van der Waals surface area contributed by atoms with E-state index < -0.39 is 16.0 Å². The number of sulfonamides is 1. The third-order valence-corrected chi connectivity index (χ3v) is 7.81. The van der Waals surface area contributed by atoms with Gasteiger partial charge in [0.2, 0.25) is 10.0 Å². The molecule has 206 valence electrons. The Bertz CT molecular complexity index is 1690. The van der Waals surface area contributed by atoms with Crippen molar-refractivity contribution in [2.75, 3.05) is 23.0 Å². The number of hydrogen-bond donors (Lipinski definition) is 2.